The summed E-state index contributed by atoms with van der Waals surface area (Å²) in [6, 6.07) is 1.61. The van der Waals surface area contributed by atoms with Crippen molar-refractivity contribution in [1.29, 1.82) is 0 Å². The summed E-state index contributed by atoms with van der Waals surface area (Å²) >= 11 is 1.34. The Morgan fingerprint density at radius 1 is 1.52 bits per heavy atom. The Bertz CT molecular complexity index is 965. The number of rotatable bonds is 4. The van der Waals surface area contributed by atoms with Crippen molar-refractivity contribution in [3.63, 3.8) is 0 Å². The molecule has 0 atom stereocenters. The van der Waals surface area contributed by atoms with E-state index in [0.717, 1.165) is 5.39 Å². The number of fused-ring (bicyclic) bond motifs is 1. The first-order valence-electron chi connectivity index (χ1n) is 7.62. The molecule has 0 saturated carbocycles. The van der Waals surface area contributed by atoms with Crippen LogP contribution in [0.15, 0.2) is 22.2 Å². The van der Waals surface area contributed by atoms with Crippen LogP contribution in [0.2, 0.25) is 0 Å². The van der Waals surface area contributed by atoms with E-state index >= 15 is 0 Å². The second kappa shape index (κ2) is 6.13. The highest BCUT2D eigenvalue weighted by atomic mass is 32.1. The van der Waals surface area contributed by atoms with Crippen LogP contribution in [0.4, 0.5) is 15.6 Å². The maximum Gasteiger partial charge on any atom is 0.323 e. The molecule has 1 saturated heterocycles. The quantitative estimate of drug-likeness (QED) is 0.734. The highest BCUT2D eigenvalue weighted by Gasteiger charge is 2.24. The standard InChI is InChI=1S/C15H14N6O3S/c1-8-11-4-9(6-17-13(11)24-20-8)18-12(22)5-10-7-25-15(19-10)21-3-2-16-14(21)23/h4,6-7H,2-3,5H2,1H3,(H,16,23)(H,18,22). The maximum atomic E-state index is 12.2. The lowest BCUT2D eigenvalue weighted by Gasteiger charge is -2.08. The summed E-state index contributed by atoms with van der Waals surface area (Å²) in [4.78, 5) is 33.9. The van der Waals surface area contributed by atoms with Crippen LogP contribution in [0.1, 0.15) is 11.4 Å². The largest absolute Gasteiger partial charge is 0.336 e. The van der Waals surface area contributed by atoms with Gasteiger partial charge in [-0.15, -0.1) is 11.3 Å². The average molecular weight is 358 g/mol. The van der Waals surface area contributed by atoms with E-state index in [2.05, 4.69) is 25.8 Å². The van der Waals surface area contributed by atoms with Gasteiger partial charge in [-0.3, -0.25) is 9.69 Å². The Balaban J connectivity index is 1.44. The molecule has 4 rings (SSSR count). The van der Waals surface area contributed by atoms with Gasteiger partial charge in [0.1, 0.15) is 0 Å². The Hall–Kier alpha value is -3.01. The van der Waals surface area contributed by atoms with Crippen molar-refractivity contribution in [1.82, 2.24) is 20.4 Å². The van der Waals surface area contributed by atoms with E-state index < -0.39 is 0 Å². The van der Waals surface area contributed by atoms with Gasteiger partial charge in [-0.25, -0.2) is 14.8 Å². The number of nitrogens with zero attached hydrogens (tertiary/aromatic N) is 4. The monoisotopic (exact) mass is 358 g/mol. The third-order valence-corrected chi connectivity index (χ3v) is 4.68. The Labute approximate surface area is 146 Å². The van der Waals surface area contributed by atoms with Crippen LogP contribution in [-0.4, -0.2) is 40.2 Å². The minimum atomic E-state index is -0.210. The third-order valence-electron chi connectivity index (χ3n) is 3.76. The van der Waals surface area contributed by atoms with Gasteiger partial charge >= 0.3 is 6.03 Å². The van der Waals surface area contributed by atoms with Gasteiger partial charge in [0, 0.05) is 18.5 Å². The van der Waals surface area contributed by atoms with Crippen molar-refractivity contribution < 1.29 is 14.1 Å². The summed E-state index contributed by atoms with van der Waals surface area (Å²) in [5.41, 5.74) is 2.33. The van der Waals surface area contributed by atoms with Crippen molar-refractivity contribution in [2.45, 2.75) is 13.3 Å². The second-order valence-electron chi connectivity index (χ2n) is 5.57. The smallest absolute Gasteiger partial charge is 0.323 e. The van der Waals surface area contributed by atoms with Crippen molar-refractivity contribution in [3.8, 4) is 0 Å². The molecule has 2 N–H and O–H groups in total. The summed E-state index contributed by atoms with van der Waals surface area (Å²) in [6.45, 7) is 3.00. The molecule has 25 heavy (non-hydrogen) atoms. The first-order chi connectivity index (χ1) is 12.1. The fourth-order valence-corrected chi connectivity index (χ4v) is 3.39. The summed E-state index contributed by atoms with van der Waals surface area (Å²) in [5.74, 6) is -0.210. The predicted molar refractivity (Wildman–Crippen MR) is 91.7 cm³/mol. The lowest BCUT2D eigenvalue weighted by molar-refractivity contribution is -0.115. The predicted octanol–water partition coefficient (Wildman–Crippen LogP) is 1.70. The van der Waals surface area contributed by atoms with Crippen molar-refractivity contribution in [2.24, 2.45) is 0 Å². The zero-order valence-electron chi connectivity index (χ0n) is 13.3. The number of urea groups is 1. The van der Waals surface area contributed by atoms with Crippen molar-refractivity contribution in [2.75, 3.05) is 23.3 Å². The fraction of sp³-hybridized carbons (Fsp3) is 0.267. The van der Waals surface area contributed by atoms with Crippen LogP contribution in [0.3, 0.4) is 0 Å². The van der Waals surface area contributed by atoms with Crippen LogP contribution in [0, 0.1) is 6.92 Å². The SMILES string of the molecule is Cc1noc2ncc(NC(=O)Cc3csc(N4CCNC4=O)n3)cc12. The Morgan fingerprint density at radius 3 is 3.20 bits per heavy atom. The number of carbonyl (C=O) groups excluding carboxylic acids is 2. The normalized spacial score (nSPS) is 14.1. The van der Waals surface area contributed by atoms with Crippen molar-refractivity contribution >= 4 is 45.2 Å². The van der Waals surface area contributed by atoms with Crippen LogP contribution in [0.25, 0.3) is 11.1 Å². The van der Waals surface area contributed by atoms with Gasteiger partial charge < -0.3 is 15.2 Å². The number of aryl methyl sites for hydroxylation is 1. The van der Waals surface area contributed by atoms with E-state index in [-0.39, 0.29) is 18.4 Å². The van der Waals surface area contributed by atoms with Gasteiger partial charge in [-0.05, 0) is 13.0 Å². The number of aromatic nitrogens is 3. The van der Waals surface area contributed by atoms with E-state index in [0.29, 0.717) is 41.0 Å². The molecule has 128 valence electrons. The first kappa shape index (κ1) is 15.5. The summed E-state index contributed by atoms with van der Waals surface area (Å²) in [5, 5.41) is 12.5. The molecule has 1 aliphatic rings. The number of thiazole rings is 1. The van der Waals surface area contributed by atoms with Gasteiger partial charge in [0.2, 0.25) is 5.91 Å². The van der Waals surface area contributed by atoms with E-state index in [4.69, 9.17) is 4.52 Å². The minimum Gasteiger partial charge on any atom is -0.336 e. The molecule has 0 spiro atoms. The van der Waals surface area contributed by atoms with Gasteiger partial charge in [-0.2, -0.15) is 0 Å². The zero-order valence-corrected chi connectivity index (χ0v) is 14.1. The molecule has 4 heterocycles. The number of carbonyl (C=O) groups is 2. The molecule has 3 amide bonds. The molecule has 9 nitrogen and oxygen atoms in total. The molecular formula is C15H14N6O3S. The summed E-state index contributed by atoms with van der Waals surface area (Å²) in [6.07, 6.45) is 1.64. The number of hydrogen-bond acceptors (Lipinski definition) is 7. The number of pyridine rings is 1. The maximum absolute atomic E-state index is 12.2. The van der Waals surface area contributed by atoms with Crippen LogP contribution >= 0.6 is 11.3 Å². The molecule has 0 radical (unpaired) electrons. The number of nitrogens with one attached hydrogen (secondary N) is 2. The lowest BCUT2D eigenvalue weighted by Crippen LogP contribution is -2.27. The average Bonchev–Trinajstić information content (AvgIpc) is 3.29. The van der Waals surface area contributed by atoms with Gasteiger partial charge in [-0.1, -0.05) is 5.16 Å². The number of hydrogen-bond donors (Lipinski definition) is 2. The molecule has 1 fully saturated rings. The number of amides is 3. The molecule has 3 aromatic rings. The summed E-state index contributed by atoms with van der Waals surface area (Å²) in [7, 11) is 0. The van der Waals surface area contributed by atoms with E-state index in [1.54, 1.807) is 16.3 Å². The number of anilines is 2. The topological polar surface area (TPSA) is 113 Å². The van der Waals surface area contributed by atoms with Gasteiger partial charge in [0.15, 0.2) is 5.13 Å². The Morgan fingerprint density at radius 2 is 2.40 bits per heavy atom. The van der Waals surface area contributed by atoms with Gasteiger partial charge in [0.05, 0.1) is 35.1 Å². The van der Waals surface area contributed by atoms with Crippen LogP contribution in [-0.2, 0) is 11.2 Å². The molecule has 1 aliphatic heterocycles. The summed E-state index contributed by atoms with van der Waals surface area (Å²) < 4.78 is 5.04. The second-order valence-corrected chi connectivity index (χ2v) is 6.41. The highest BCUT2D eigenvalue weighted by Crippen LogP contribution is 2.23. The fourth-order valence-electron chi connectivity index (χ4n) is 2.54. The molecule has 10 heteroatoms. The molecule has 0 bridgehead atoms. The van der Waals surface area contributed by atoms with Gasteiger partial charge in [0.25, 0.3) is 5.71 Å². The van der Waals surface area contributed by atoms with Crippen molar-refractivity contribution in [3.05, 3.63) is 29.0 Å². The molecule has 0 unspecified atom stereocenters. The Kier molecular flexibility index (Phi) is 3.80. The minimum absolute atomic E-state index is 0.118. The highest BCUT2D eigenvalue weighted by molar-refractivity contribution is 7.14. The molecule has 0 aromatic carbocycles. The first-order valence-corrected chi connectivity index (χ1v) is 8.50. The van der Waals surface area contributed by atoms with E-state index in [9.17, 15) is 9.59 Å². The lowest BCUT2D eigenvalue weighted by atomic mass is 10.2. The van der Waals surface area contributed by atoms with Crippen LogP contribution in [0.5, 0.6) is 0 Å². The van der Waals surface area contributed by atoms with Crippen LogP contribution < -0.4 is 15.5 Å². The molecule has 0 aliphatic carbocycles. The van der Waals surface area contributed by atoms with E-state index in [1.165, 1.54) is 17.5 Å². The molecule has 3 aromatic heterocycles. The zero-order chi connectivity index (χ0) is 17.4. The third kappa shape index (κ3) is 3.03. The van der Waals surface area contributed by atoms with E-state index in [1.807, 2.05) is 6.92 Å². The molecular weight excluding hydrogens is 344 g/mol.